The summed E-state index contributed by atoms with van der Waals surface area (Å²) in [5.74, 6) is 0.260. The first kappa shape index (κ1) is 22.5. The Morgan fingerprint density at radius 2 is 1.85 bits per heavy atom. The SMILES string of the molecule is COc1cc(-c2cc(C(=O)N[C@H]3CC[C@H](NC(=O)[C@H](C)N)CC3)c3c(N)ncnn23)ccn1. The van der Waals surface area contributed by atoms with Gasteiger partial charge in [0.15, 0.2) is 5.82 Å². The number of methoxy groups -OCH3 is 1. The Bertz CT molecular complexity index is 1170. The van der Waals surface area contributed by atoms with Gasteiger partial charge < -0.3 is 26.8 Å². The van der Waals surface area contributed by atoms with E-state index in [1.165, 1.54) is 13.4 Å². The maximum atomic E-state index is 13.2. The van der Waals surface area contributed by atoms with Gasteiger partial charge in [-0.3, -0.25) is 9.59 Å². The summed E-state index contributed by atoms with van der Waals surface area (Å²) in [7, 11) is 1.54. The largest absolute Gasteiger partial charge is 0.481 e. The van der Waals surface area contributed by atoms with Crippen LogP contribution in [-0.4, -0.2) is 56.6 Å². The fraction of sp³-hybridized carbons (Fsp3) is 0.409. The predicted octanol–water partition coefficient (Wildman–Crippen LogP) is 0.887. The summed E-state index contributed by atoms with van der Waals surface area (Å²) < 4.78 is 6.83. The normalized spacial score (nSPS) is 19.1. The van der Waals surface area contributed by atoms with Crippen LogP contribution in [0.15, 0.2) is 30.7 Å². The third-order valence-electron chi connectivity index (χ3n) is 5.89. The predicted molar refractivity (Wildman–Crippen MR) is 122 cm³/mol. The molecular weight excluding hydrogens is 424 g/mol. The second-order valence-electron chi connectivity index (χ2n) is 8.26. The van der Waals surface area contributed by atoms with Crippen molar-refractivity contribution in [2.45, 2.75) is 50.7 Å². The van der Waals surface area contributed by atoms with Gasteiger partial charge >= 0.3 is 0 Å². The molecule has 0 aromatic carbocycles. The number of nitrogen functional groups attached to an aromatic ring is 1. The van der Waals surface area contributed by atoms with E-state index in [1.54, 1.807) is 29.8 Å². The summed E-state index contributed by atoms with van der Waals surface area (Å²) in [6.07, 6.45) is 6.02. The first-order valence-electron chi connectivity index (χ1n) is 10.9. The van der Waals surface area contributed by atoms with Gasteiger partial charge in [-0.25, -0.2) is 14.5 Å². The highest BCUT2D eigenvalue weighted by atomic mass is 16.5. The lowest BCUT2D eigenvalue weighted by molar-refractivity contribution is -0.122. The number of fused-ring (bicyclic) bond motifs is 1. The molecule has 3 aromatic heterocycles. The number of pyridine rings is 1. The molecule has 0 unspecified atom stereocenters. The number of rotatable bonds is 6. The summed E-state index contributed by atoms with van der Waals surface area (Å²) in [4.78, 5) is 33.3. The number of aromatic nitrogens is 4. The molecule has 6 N–H and O–H groups in total. The summed E-state index contributed by atoms with van der Waals surface area (Å²) in [6.45, 7) is 1.66. The Balaban J connectivity index is 1.54. The number of nitrogens with zero attached hydrogens (tertiary/aromatic N) is 4. The number of amides is 2. The van der Waals surface area contributed by atoms with Crippen molar-refractivity contribution >= 4 is 23.1 Å². The van der Waals surface area contributed by atoms with Crippen LogP contribution >= 0.6 is 0 Å². The zero-order valence-corrected chi connectivity index (χ0v) is 18.6. The van der Waals surface area contributed by atoms with E-state index in [0.29, 0.717) is 22.7 Å². The fourth-order valence-corrected chi connectivity index (χ4v) is 4.10. The molecule has 2 amide bonds. The Hall–Kier alpha value is -3.73. The van der Waals surface area contributed by atoms with Gasteiger partial charge in [-0.05, 0) is 44.7 Å². The highest BCUT2D eigenvalue weighted by Crippen LogP contribution is 2.29. The van der Waals surface area contributed by atoms with Crippen LogP contribution in [0.2, 0.25) is 0 Å². The van der Waals surface area contributed by atoms with Gasteiger partial charge in [0, 0.05) is 29.9 Å². The highest BCUT2D eigenvalue weighted by molar-refractivity contribution is 6.05. The van der Waals surface area contributed by atoms with Gasteiger partial charge in [-0.15, -0.1) is 0 Å². The van der Waals surface area contributed by atoms with E-state index in [9.17, 15) is 9.59 Å². The molecule has 1 fully saturated rings. The highest BCUT2D eigenvalue weighted by Gasteiger charge is 2.27. The van der Waals surface area contributed by atoms with E-state index in [1.807, 2.05) is 6.07 Å². The zero-order chi connectivity index (χ0) is 23.5. The Kier molecular flexibility index (Phi) is 6.40. The quantitative estimate of drug-likeness (QED) is 0.428. The monoisotopic (exact) mass is 452 g/mol. The van der Waals surface area contributed by atoms with Crippen molar-refractivity contribution in [3.63, 3.8) is 0 Å². The average Bonchev–Trinajstić information content (AvgIpc) is 3.21. The molecule has 0 aliphatic heterocycles. The number of hydrogen-bond donors (Lipinski definition) is 4. The molecule has 1 atom stereocenters. The molecule has 0 saturated heterocycles. The van der Waals surface area contributed by atoms with Crippen molar-refractivity contribution < 1.29 is 14.3 Å². The molecule has 174 valence electrons. The second kappa shape index (κ2) is 9.41. The number of nitrogens with one attached hydrogen (secondary N) is 2. The maximum absolute atomic E-state index is 13.2. The lowest BCUT2D eigenvalue weighted by Crippen LogP contribution is -2.47. The van der Waals surface area contributed by atoms with Crippen LogP contribution in [0.3, 0.4) is 0 Å². The van der Waals surface area contributed by atoms with Crippen molar-refractivity contribution in [3.05, 3.63) is 36.3 Å². The number of hydrogen-bond acceptors (Lipinski definition) is 8. The molecule has 3 aromatic rings. The summed E-state index contributed by atoms with van der Waals surface area (Å²) >= 11 is 0. The average molecular weight is 453 g/mol. The van der Waals surface area contributed by atoms with Crippen LogP contribution < -0.4 is 26.8 Å². The molecule has 1 aliphatic rings. The van der Waals surface area contributed by atoms with Gasteiger partial charge in [-0.1, -0.05) is 0 Å². The summed E-state index contributed by atoms with van der Waals surface area (Å²) in [5.41, 5.74) is 14.0. The van der Waals surface area contributed by atoms with Crippen LogP contribution in [0.1, 0.15) is 43.0 Å². The fourth-order valence-electron chi connectivity index (χ4n) is 4.10. The first-order valence-corrected chi connectivity index (χ1v) is 10.9. The first-order chi connectivity index (χ1) is 15.9. The van der Waals surface area contributed by atoms with Crippen molar-refractivity contribution in [1.29, 1.82) is 0 Å². The van der Waals surface area contributed by atoms with Crippen LogP contribution in [0.25, 0.3) is 16.8 Å². The smallest absolute Gasteiger partial charge is 0.253 e. The minimum Gasteiger partial charge on any atom is -0.481 e. The van der Waals surface area contributed by atoms with Gasteiger partial charge in [0.05, 0.1) is 24.4 Å². The Morgan fingerprint density at radius 3 is 2.52 bits per heavy atom. The van der Waals surface area contributed by atoms with Crippen molar-refractivity contribution in [2.24, 2.45) is 5.73 Å². The number of nitrogens with two attached hydrogens (primary N) is 2. The second-order valence-corrected chi connectivity index (χ2v) is 8.26. The van der Waals surface area contributed by atoms with Crippen molar-refractivity contribution in [1.82, 2.24) is 30.2 Å². The maximum Gasteiger partial charge on any atom is 0.253 e. The summed E-state index contributed by atoms with van der Waals surface area (Å²) in [6, 6.07) is 4.85. The molecular formula is C22H28N8O3. The van der Waals surface area contributed by atoms with E-state index < -0.39 is 6.04 Å². The van der Waals surface area contributed by atoms with Crippen molar-refractivity contribution in [3.8, 4) is 17.1 Å². The molecule has 11 heteroatoms. The molecule has 0 bridgehead atoms. The van der Waals surface area contributed by atoms with E-state index in [-0.39, 0.29) is 29.7 Å². The molecule has 1 saturated carbocycles. The van der Waals surface area contributed by atoms with Gasteiger partial charge in [0.1, 0.15) is 11.8 Å². The van der Waals surface area contributed by atoms with E-state index >= 15 is 0 Å². The number of ether oxygens (including phenoxy) is 1. The minimum absolute atomic E-state index is 0.00812. The Labute approximate surface area is 190 Å². The third-order valence-corrected chi connectivity index (χ3v) is 5.89. The minimum atomic E-state index is -0.534. The molecule has 33 heavy (non-hydrogen) atoms. The van der Waals surface area contributed by atoms with Crippen LogP contribution in [0.4, 0.5) is 5.82 Å². The topological polar surface area (TPSA) is 163 Å². The number of carbonyl (C=O) groups is 2. The lowest BCUT2D eigenvalue weighted by atomic mass is 9.90. The van der Waals surface area contributed by atoms with E-state index in [2.05, 4.69) is 25.7 Å². The molecule has 4 rings (SSSR count). The number of anilines is 1. The number of carbonyl (C=O) groups excluding carboxylic acids is 2. The van der Waals surface area contributed by atoms with Crippen LogP contribution in [-0.2, 0) is 4.79 Å². The van der Waals surface area contributed by atoms with Gasteiger partial charge in [0.2, 0.25) is 11.8 Å². The molecule has 1 aliphatic carbocycles. The van der Waals surface area contributed by atoms with E-state index in [0.717, 1.165) is 31.2 Å². The van der Waals surface area contributed by atoms with Gasteiger partial charge in [-0.2, -0.15) is 5.10 Å². The lowest BCUT2D eigenvalue weighted by Gasteiger charge is -2.30. The molecule has 0 spiro atoms. The van der Waals surface area contributed by atoms with Crippen LogP contribution in [0.5, 0.6) is 5.88 Å². The van der Waals surface area contributed by atoms with E-state index in [4.69, 9.17) is 16.2 Å². The zero-order valence-electron chi connectivity index (χ0n) is 18.6. The summed E-state index contributed by atoms with van der Waals surface area (Å²) in [5, 5.41) is 10.4. The standard InChI is InChI=1S/C22H28N8O3/c1-12(23)21(31)28-14-3-5-15(6-4-14)29-22(32)16-10-17(13-7-8-25-18(9-13)33-2)30-19(16)20(24)26-11-27-30/h7-12,14-15H,3-6,23H2,1-2H3,(H,28,31)(H,29,32)(H2,24,26,27)/t12-,14-,15-/m0/s1. The van der Waals surface area contributed by atoms with Crippen molar-refractivity contribution in [2.75, 3.05) is 12.8 Å². The van der Waals surface area contributed by atoms with Crippen LogP contribution in [0, 0.1) is 0 Å². The third kappa shape index (κ3) is 4.72. The molecule has 0 radical (unpaired) electrons. The Morgan fingerprint density at radius 1 is 1.15 bits per heavy atom. The molecule has 11 nitrogen and oxygen atoms in total. The molecule has 3 heterocycles. The van der Waals surface area contributed by atoms with Gasteiger partial charge in [0.25, 0.3) is 5.91 Å².